The molecule has 2 aromatic carbocycles. The molecule has 0 saturated heterocycles. The molecule has 0 aliphatic rings. The molecule has 2 aromatic heterocycles. The molecular formula is C20H20N4O2S. The van der Waals surface area contributed by atoms with Gasteiger partial charge in [0.15, 0.2) is 16.9 Å². The van der Waals surface area contributed by atoms with Crippen LogP contribution < -0.4 is 9.47 Å². The highest BCUT2D eigenvalue weighted by Crippen LogP contribution is 2.28. The SMILES string of the molecule is CC[C@H](Oc1ccccc1)c1nn2c(Cc3ccc(OC)cc3)nnc2s1. The third kappa shape index (κ3) is 3.78. The molecule has 138 valence electrons. The van der Waals surface area contributed by atoms with Gasteiger partial charge in [-0.05, 0) is 36.2 Å². The molecular weight excluding hydrogens is 360 g/mol. The lowest BCUT2D eigenvalue weighted by Gasteiger charge is -2.14. The summed E-state index contributed by atoms with van der Waals surface area (Å²) in [7, 11) is 1.66. The van der Waals surface area contributed by atoms with Gasteiger partial charge in [0.2, 0.25) is 4.96 Å². The summed E-state index contributed by atoms with van der Waals surface area (Å²) in [6.45, 7) is 2.09. The monoisotopic (exact) mass is 380 g/mol. The van der Waals surface area contributed by atoms with Crippen LogP contribution >= 0.6 is 11.3 Å². The van der Waals surface area contributed by atoms with Crippen molar-refractivity contribution >= 4 is 16.3 Å². The Morgan fingerprint density at radius 3 is 2.48 bits per heavy atom. The molecule has 0 radical (unpaired) electrons. The number of hydrogen-bond acceptors (Lipinski definition) is 6. The van der Waals surface area contributed by atoms with Gasteiger partial charge in [0, 0.05) is 6.42 Å². The summed E-state index contributed by atoms with van der Waals surface area (Å²) in [6, 6.07) is 17.8. The molecule has 4 rings (SSSR count). The Hall–Kier alpha value is -2.93. The van der Waals surface area contributed by atoms with Gasteiger partial charge in [-0.2, -0.15) is 9.61 Å². The number of fused-ring (bicyclic) bond motifs is 1. The first kappa shape index (κ1) is 17.5. The first-order valence-electron chi connectivity index (χ1n) is 8.82. The van der Waals surface area contributed by atoms with Crippen molar-refractivity contribution < 1.29 is 9.47 Å². The van der Waals surface area contributed by atoms with E-state index in [1.165, 1.54) is 11.3 Å². The second-order valence-corrected chi connectivity index (χ2v) is 7.09. The van der Waals surface area contributed by atoms with Crippen molar-refractivity contribution in [2.24, 2.45) is 0 Å². The summed E-state index contributed by atoms with van der Waals surface area (Å²) in [5.41, 5.74) is 1.13. The Kier molecular flexibility index (Phi) is 5.02. The van der Waals surface area contributed by atoms with E-state index in [1.807, 2.05) is 59.1 Å². The minimum Gasteiger partial charge on any atom is -0.497 e. The highest BCUT2D eigenvalue weighted by atomic mass is 32.1. The van der Waals surface area contributed by atoms with Gasteiger partial charge >= 0.3 is 0 Å². The highest BCUT2D eigenvalue weighted by molar-refractivity contribution is 7.16. The maximum absolute atomic E-state index is 6.10. The third-order valence-corrected chi connectivity index (χ3v) is 5.25. The van der Waals surface area contributed by atoms with E-state index in [2.05, 4.69) is 17.1 Å². The molecule has 0 fully saturated rings. The maximum Gasteiger partial charge on any atom is 0.234 e. The highest BCUT2D eigenvalue weighted by Gasteiger charge is 2.20. The number of methoxy groups -OCH3 is 1. The summed E-state index contributed by atoms with van der Waals surface area (Å²) < 4.78 is 13.1. The fraction of sp³-hybridized carbons (Fsp3) is 0.250. The smallest absolute Gasteiger partial charge is 0.234 e. The number of rotatable bonds is 7. The van der Waals surface area contributed by atoms with Crippen molar-refractivity contribution in [2.45, 2.75) is 25.9 Å². The number of nitrogens with zero attached hydrogens (tertiary/aromatic N) is 4. The van der Waals surface area contributed by atoms with Crippen LogP contribution in [0.25, 0.3) is 4.96 Å². The molecule has 0 amide bonds. The molecule has 0 spiro atoms. The van der Waals surface area contributed by atoms with Crippen LogP contribution in [0.15, 0.2) is 54.6 Å². The average Bonchev–Trinajstić information content (AvgIpc) is 3.29. The molecule has 6 nitrogen and oxygen atoms in total. The predicted molar refractivity (Wildman–Crippen MR) is 105 cm³/mol. The summed E-state index contributed by atoms with van der Waals surface area (Å²) in [6.07, 6.45) is 1.38. The van der Waals surface area contributed by atoms with Gasteiger partial charge in [-0.1, -0.05) is 48.6 Å². The molecule has 0 aliphatic heterocycles. The van der Waals surface area contributed by atoms with Crippen LogP contribution in [-0.2, 0) is 6.42 Å². The fourth-order valence-electron chi connectivity index (χ4n) is 2.81. The van der Waals surface area contributed by atoms with Crippen molar-refractivity contribution in [2.75, 3.05) is 7.11 Å². The number of benzene rings is 2. The van der Waals surface area contributed by atoms with Gasteiger partial charge in [-0.15, -0.1) is 10.2 Å². The molecule has 7 heteroatoms. The molecule has 2 heterocycles. The molecule has 4 aromatic rings. The van der Waals surface area contributed by atoms with Crippen LogP contribution in [0, 0.1) is 0 Å². The van der Waals surface area contributed by atoms with Crippen LogP contribution in [0.2, 0.25) is 0 Å². The molecule has 0 unspecified atom stereocenters. The van der Waals surface area contributed by atoms with Crippen LogP contribution in [-0.4, -0.2) is 26.9 Å². The van der Waals surface area contributed by atoms with Crippen molar-refractivity contribution in [3.8, 4) is 11.5 Å². The second-order valence-electron chi connectivity index (χ2n) is 6.10. The molecule has 0 N–H and O–H groups in total. The van der Waals surface area contributed by atoms with Gasteiger partial charge in [0.05, 0.1) is 7.11 Å². The van der Waals surface area contributed by atoms with E-state index in [9.17, 15) is 0 Å². The average molecular weight is 380 g/mol. The molecule has 0 bridgehead atoms. The van der Waals surface area contributed by atoms with E-state index >= 15 is 0 Å². The van der Waals surface area contributed by atoms with Gasteiger partial charge in [0.1, 0.15) is 11.5 Å². The second kappa shape index (κ2) is 7.75. The number of hydrogen-bond donors (Lipinski definition) is 0. The predicted octanol–water partition coefficient (Wildman–Crippen LogP) is 4.32. The topological polar surface area (TPSA) is 61.5 Å². The van der Waals surface area contributed by atoms with Crippen LogP contribution in [0.1, 0.15) is 35.8 Å². The van der Waals surface area contributed by atoms with Crippen molar-refractivity contribution in [3.05, 3.63) is 71.0 Å². The molecule has 1 atom stereocenters. The molecule has 27 heavy (non-hydrogen) atoms. The van der Waals surface area contributed by atoms with Crippen LogP contribution in [0.5, 0.6) is 11.5 Å². The minimum atomic E-state index is -0.104. The van der Waals surface area contributed by atoms with E-state index in [0.717, 1.165) is 39.3 Å². The zero-order valence-corrected chi connectivity index (χ0v) is 16.0. The number of ether oxygens (including phenoxy) is 2. The first-order valence-corrected chi connectivity index (χ1v) is 9.64. The van der Waals surface area contributed by atoms with Gasteiger partial charge < -0.3 is 9.47 Å². The van der Waals surface area contributed by atoms with E-state index in [-0.39, 0.29) is 6.10 Å². The fourth-order valence-corrected chi connectivity index (χ4v) is 3.78. The number of para-hydroxylation sites is 1. The quantitative estimate of drug-likeness (QED) is 0.478. The van der Waals surface area contributed by atoms with E-state index in [4.69, 9.17) is 14.6 Å². The summed E-state index contributed by atoms with van der Waals surface area (Å²) in [4.78, 5) is 0.781. The van der Waals surface area contributed by atoms with E-state index < -0.39 is 0 Å². The zero-order valence-electron chi connectivity index (χ0n) is 15.2. The van der Waals surface area contributed by atoms with Crippen LogP contribution in [0.3, 0.4) is 0 Å². The largest absolute Gasteiger partial charge is 0.497 e. The summed E-state index contributed by atoms with van der Waals surface area (Å²) in [5, 5.41) is 14.2. The van der Waals surface area contributed by atoms with Crippen LogP contribution in [0.4, 0.5) is 0 Å². The van der Waals surface area contributed by atoms with Crippen molar-refractivity contribution in [1.29, 1.82) is 0 Å². The summed E-state index contributed by atoms with van der Waals surface area (Å²) >= 11 is 1.52. The summed E-state index contributed by atoms with van der Waals surface area (Å²) in [5.74, 6) is 2.49. The lowest BCUT2D eigenvalue weighted by atomic mass is 10.1. The van der Waals surface area contributed by atoms with Gasteiger partial charge in [-0.25, -0.2) is 0 Å². The lowest BCUT2D eigenvalue weighted by molar-refractivity contribution is 0.199. The Bertz CT molecular complexity index is 1010. The van der Waals surface area contributed by atoms with Crippen molar-refractivity contribution in [1.82, 2.24) is 19.8 Å². The normalized spacial score (nSPS) is 12.2. The van der Waals surface area contributed by atoms with Crippen molar-refractivity contribution in [3.63, 3.8) is 0 Å². The Morgan fingerprint density at radius 1 is 1.00 bits per heavy atom. The Morgan fingerprint density at radius 2 is 1.78 bits per heavy atom. The third-order valence-electron chi connectivity index (χ3n) is 4.26. The standard InChI is InChI=1S/C20H20N4O2S/c1-3-17(26-16-7-5-4-6-8-16)19-23-24-18(21-22-20(24)27-19)13-14-9-11-15(25-2)12-10-14/h4-12,17H,3,13H2,1-2H3/t17-/m0/s1. The van der Waals surface area contributed by atoms with Gasteiger partial charge in [0.25, 0.3) is 0 Å². The van der Waals surface area contributed by atoms with Gasteiger partial charge in [-0.3, -0.25) is 0 Å². The van der Waals surface area contributed by atoms with E-state index in [0.29, 0.717) is 6.42 Å². The minimum absolute atomic E-state index is 0.104. The van der Waals surface area contributed by atoms with E-state index in [1.54, 1.807) is 7.11 Å². The zero-order chi connectivity index (χ0) is 18.6. The molecule has 0 saturated carbocycles. The number of aromatic nitrogens is 4. The Labute approximate surface area is 161 Å². The first-order chi connectivity index (χ1) is 13.3. The maximum atomic E-state index is 6.10. The molecule has 0 aliphatic carbocycles. The Balaban J connectivity index is 1.57. The lowest BCUT2D eigenvalue weighted by Crippen LogP contribution is -2.07.